The molecule has 2 N–H and O–H groups in total. The molecule has 0 radical (unpaired) electrons. The largest absolute Gasteiger partial charge is 0.396 e. The number of amides is 1. The molecule has 0 aliphatic rings. The van der Waals surface area contributed by atoms with Crippen LogP contribution >= 0.6 is 46.0 Å². The summed E-state index contributed by atoms with van der Waals surface area (Å²) in [5.41, 5.74) is -1.06. The van der Waals surface area contributed by atoms with Crippen molar-refractivity contribution >= 4 is 63.3 Å². The van der Waals surface area contributed by atoms with E-state index in [9.17, 15) is 18.7 Å². The van der Waals surface area contributed by atoms with Gasteiger partial charge in [0.1, 0.15) is 0 Å². The molecule has 0 saturated heterocycles. The summed E-state index contributed by atoms with van der Waals surface area (Å²) in [5, 5.41) is 12.1. The van der Waals surface area contributed by atoms with Gasteiger partial charge in [-0.15, -0.1) is 4.58 Å². The third-order valence-corrected chi connectivity index (χ3v) is 4.91. The van der Waals surface area contributed by atoms with E-state index in [1.807, 2.05) is 0 Å². The second-order valence-corrected chi connectivity index (χ2v) is 8.64. The van der Waals surface area contributed by atoms with Crippen LogP contribution in [0.15, 0.2) is 30.3 Å². The maximum absolute atomic E-state index is 14.4. The van der Waals surface area contributed by atoms with Crippen molar-refractivity contribution in [2.24, 2.45) is 5.41 Å². The highest BCUT2D eigenvalue weighted by molar-refractivity contribution is 14.1. The molecule has 0 aromatic heterocycles. The third-order valence-electron chi connectivity index (χ3n) is 3.67. The van der Waals surface area contributed by atoms with Gasteiger partial charge in [0.2, 0.25) is 0 Å². The summed E-state index contributed by atoms with van der Waals surface area (Å²) >= 11 is 14.0. The van der Waals surface area contributed by atoms with Gasteiger partial charge >= 0.3 is 0 Å². The number of rotatable bonds is 7. The minimum atomic E-state index is -1.26. The molecule has 10 heteroatoms. The zero-order valence-corrected chi connectivity index (χ0v) is 18.6. The predicted molar refractivity (Wildman–Crippen MR) is 113 cm³/mol. The fraction of sp³-hybridized carbons (Fsp3) is 0.278. The summed E-state index contributed by atoms with van der Waals surface area (Å²) in [5.74, 6) is -3.33. The Morgan fingerprint density at radius 3 is 2.61 bits per heavy atom. The molecule has 0 spiro atoms. The SMILES string of the molecule is CC(C)(CO)CON(Cl)C(=O)c1ccc(F)c(F)c1Nc1ccc(I)cc1Cl. The molecule has 0 heterocycles. The number of carbonyl (C=O) groups excluding carboxylic acids is 1. The van der Waals surface area contributed by atoms with Gasteiger partial charge in [0.15, 0.2) is 11.6 Å². The number of benzene rings is 2. The predicted octanol–water partition coefficient (Wildman–Crippen LogP) is 5.51. The molecular weight excluding hydrogens is 528 g/mol. The van der Waals surface area contributed by atoms with Crippen molar-refractivity contribution in [2.75, 3.05) is 18.5 Å². The summed E-state index contributed by atoms with van der Waals surface area (Å²) in [6.07, 6.45) is 0. The van der Waals surface area contributed by atoms with Gasteiger partial charge in [0.25, 0.3) is 5.91 Å². The second-order valence-electron chi connectivity index (χ2n) is 6.68. The zero-order chi connectivity index (χ0) is 21.1. The molecule has 5 nitrogen and oxygen atoms in total. The van der Waals surface area contributed by atoms with Gasteiger partial charge in [-0.3, -0.25) is 9.63 Å². The maximum atomic E-state index is 14.4. The van der Waals surface area contributed by atoms with Crippen LogP contribution in [-0.2, 0) is 4.84 Å². The van der Waals surface area contributed by atoms with E-state index in [-0.39, 0.29) is 29.5 Å². The average molecular weight is 545 g/mol. The molecular formula is C18H17Cl2F2IN2O3. The van der Waals surface area contributed by atoms with Gasteiger partial charge in [-0.05, 0) is 52.9 Å². The number of aliphatic hydroxyl groups is 1. The van der Waals surface area contributed by atoms with E-state index in [0.717, 1.165) is 15.7 Å². The fourth-order valence-electron chi connectivity index (χ4n) is 2.01. The number of aliphatic hydroxyl groups excluding tert-OH is 1. The lowest BCUT2D eigenvalue weighted by molar-refractivity contribution is -0.0967. The molecule has 0 aliphatic carbocycles. The molecule has 2 aromatic rings. The molecule has 2 rings (SSSR count). The summed E-state index contributed by atoms with van der Waals surface area (Å²) in [6.45, 7) is 3.13. The highest BCUT2D eigenvalue weighted by Crippen LogP contribution is 2.32. The number of halogens is 5. The summed E-state index contributed by atoms with van der Waals surface area (Å²) in [4.78, 5) is 17.8. The van der Waals surface area contributed by atoms with Gasteiger partial charge in [-0.25, -0.2) is 8.78 Å². The molecule has 1 amide bonds. The van der Waals surface area contributed by atoms with Crippen molar-refractivity contribution in [1.29, 1.82) is 0 Å². The van der Waals surface area contributed by atoms with Crippen molar-refractivity contribution in [3.05, 3.63) is 56.1 Å². The first-order valence-corrected chi connectivity index (χ1v) is 9.79. The van der Waals surface area contributed by atoms with Crippen molar-refractivity contribution in [3.63, 3.8) is 0 Å². The highest BCUT2D eigenvalue weighted by Gasteiger charge is 2.26. The van der Waals surface area contributed by atoms with E-state index in [2.05, 4.69) is 27.9 Å². The van der Waals surface area contributed by atoms with Crippen LogP contribution in [-0.4, -0.2) is 28.8 Å². The maximum Gasteiger partial charge on any atom is 0.295 e. The Labute approximate surface area is 184 Å². The Morgan fingerprint density at radius 1 is 1.32 bits per heavy atom. The first-order chi connectivity index (χ1) is 13.1. The van der Waals surface area contributed by atoms with Crippen LogP contribution < -0.4 is 5.32 Å². The first-order valence-electron chi connectivity index (χ1n) is 8.00. The van der Waals surface area contributed by atoms with E-state index < -0.39 is 28.6 Å². The number of nitrogens with one attached hydrogen (secondary N) is 1. The third kappa shape index (κ3) is 5.66. The van der Waals surface area contributed by atoms with Crippen molar-refractivity contribution in [3.8, 4) is 0 Å². The molecule has 0 atom stereocenters. The molecule has 0 bridgehead atoms. The van der Waals surface area contributed by atoms with Crippen LogP contribution in [0.3, 0.4) is 0 Å². The van der Waals surface area contributed by atoms with E-state index in [1.165, 1.54) is 0 Å². The first kappa shape index (κ1) is 23.1. The van der Waals surface area contributed by atoms with Gasteiger partial charge in [-0.1, -0.05) is 25.4 Å². The van der Waals surface area contributed by atoms with Crippen LogP contribution in [0, 0.1) is 20.6 Å². The molecule has 0 unspecified atom stereocenters. The number of nitrogens with zero attached hydrogens (tertiary/aromatic N) is 1. The highest BCUT2D eigenvalue weighted by atomic mass is 127. The van der Waals surface area contributed by atoms with Crippen LogP contribution in [0.1, 0.15) is 24.2 Å². The lowest BCUT2D eigenvalue weighted by Gasteiger charge is -2.24. The van der Waals surface area contributed by atoms with Gasteiger partial charge in [0.05, 0.1) is 35.2 Å². The molecule has 2 aromatic carbocycles. The molecule has 0 fully saturated rings. The lowest BCUT2D eigenvalue weighted by Crippen LogP contribution is -2.31. The van der Waals surface area contributed by atoms with Gasteiger partial charge in [-0.2, -0.15) is 0 Å². The van der Waals surface area contributed by atoms with Crippen LogP contribution in [0.2, 0.25) is 5.02 Å². The summed E-state index contributed by atoms with van der Waals surface area (Å²) in [7, 11) is 0. The molecule has 0 aliphatic heterocycles. The Balaban J connectivity index is 2.34. The van der Waals surface area contributed by atoms with E-state index in [4.69, 9.17) is 28.2 Å². The Hall–Kier alpha value is -1.20. The van der Waals surface area contributed by atoms with Crippen LogP contribution in [0.5, 0.6) is 0 Å². The Bertz CT molecular complexity index is 884. The smallest absolute Gasteiger partial charge is 0.295 e. The van der Waals surface area contributed by atoms with Gasteiger partial charge in [0, 0.05) is 20.8 Å². The van der Waals surface area contributed by atoms with Crippen LogP contribution in [0.4, 0.5) is 20.2 Å². The van der Waals surface area contributed by atoms with E-state index in [1.54, 1.807) is 32.0 Å². The Kier molecular flexibility index (Phi) is 7.86. The average Bonchev–Trinajstić information content (AvgIpc) is 2.65. The number of hydrogen-bond donors (Lipinski definition) is 2. The standard InChI is InChI=1S/C18H17Cl2F2IN2O3/c1-18(2,8-26)9-28-25(20)17(27)11-4-5-13(21)15(22)16(11)24-14-6-3-10(23)7-12(14)19/h3-7,24,26H,8-9H2,1-2H3. The number of hydrogen-bond acceptors (Lipinski definition) is 4. The summed E-state index contributed by atoms with van der Waals surface area (Å²) < 4.78 is 29.5. The lowest BCUT2D eigenvalue weighted by atomic mass is 9.97. The number of carbonyl (C=O) groups is 1. The number of anilines is 2. The minimum absolute atomic E-state index is 0.0753. The van der Waals surface area contributed by atoms with Crippen molar-refractivity contribution < 1.29 is 23.5 Å². The summed E-state index contributed by atoms with van der Waals surface area (Å²) in [6, 6.07) is 6.80. The molecule has 0 saturated carbocycles. The monoisotopic (exact) mass is 544 g/mol. The number of hydroxylamine groups is 1. The minimum Gasteiger partial charge on any atom is -0.396 e. The molecule has 152 valence electrons. The van der Waals surface area contributed by atoms with Crippen molar-refractivity contribution in [2.45, 2.75) is 13.8 Å². The second kappa shape index (κ2) is 9.53. The quantitative estimate of drug-likeness (QED) is 0.274. The normalized spacial score (nSPS) is 11.4. The fourth-order valence-corrected chi connectivity index (χ4v) is 3.05. The van der Waals surface area contributed by atoms with Crippen molar-refractivity contribution in [1.82, 2.24) is 4.58 Å². The van der Waals surface area contributed by atoms with Gasteiger partial charge < -0.3 is 10.4 Å². The van der Waals surface area contributed by atoms with E-state index >= 15 is 0 Å². The van der Waals surface area contributed by atoms with E-state index in [0.29, 0.717) is 4.58 Å². The topological polar surface area (TPSA) is 61.8 Å². The molecule has 28 heavy (non-hydrogen) atoms. The zero-order valence-electron chi connectivity index (χ0n) is 14.9. The Morgan fingerprint density at radius 2 is 2.00 bits per heavy atom. The van der Waals surface area contributed by atoms with Crippen LogP contribution in [0.25, 0.3) is 0 Å².